The van der Waals surface area contributed by atoms with Gasteiger partial charge in [0.05, 0.1) is 23.4 Å². The number of hydrogen-bond donors (Lipinski definition) is 1. The van der Waals surface area contributed by atoms with Gasteiger partial charge < -0.3 is 4.90 Å². The molecule has 1 aliphatic rings. The summed E-state index contributed by atoms with van der Waals surface area (Å²) in [5.41, 5.74) is 2.70. The lowest BCUT2D eigenvalue weighted by Gasteiger charge is -2.35. The zero-order valence-corrected chi connectivity index (χ0v) is 12.7. The Morgan fingerprint density at radius 3 is 3.13 bits per heavy atom. The number of piperidine rings is 1. The predicted molar refractivity (Wildman–Crippen MR) is 84.4 cm³/mol. The fourth-order valence-electron chi connectivity index (χ4n) is 3.26. The highest BCUT2D eigenvalue weighted by atomic mass is 16.2. The van der Waals surface area contributed by atoms with E-state index in [2.05, 4.69) is 20.3 Å². The van der Waals surface area contributed by atoms with E-state index in [0.29, 0.717) is 0 Å². The number of amides is 1. The number of H-pyrrole nitrogens is 1. The van der Waals surface area contributed by atoms with E-state index in [1.165, 1.54) is 0 Å². The number of nitrogens with one attached hydrogen (secondary N) is 1. The number of aromatic nitrogens is 5. The number of fused-ring (bicyclic) bond motifs is 1. The molecule has 0 bridgehead atoms. The first-order valence-electron chi connectivity index (χ1n) is 7.88. The number of nitrogens with zero attached hydrogens (tertiary/aromatic N) is 5. The lowest BCUT2D eigenvalue weighted by molar-refractivity contribution is -0.136. The van der Waals surface area contributed by atoms with Crippen LogP contribution in [0.3, 0.4) is 0 Å². The van der Waals surface area contributed by atoms with Gasteiger partial charge in [0.1, 0.15) is 12.1 Å². The van der Waals surface area contributed by atoms with Crippen molar-refractivity contribution >= 4 is 16.9 Å². The van der Waals surface area contributed by atoms with Crippen molar-refractivity contribution in [1.29, 1.82) is 0 Å². The Balaban J connectivity index is 1.57. The van der Waals surface area contributed by atoms with Crippen molar-refractivity contribution in [3.8, 4) is 0 Å². The SMILES string of the molecule is O=C(Cn1ncc2ncccc21)N1CCCCC1c1ccn[nH]1. The largest absolute Gasteiger partial charge is 0.333 e. The third kappa shape index (κ3) is 2.58. The predicted octanol–water partition coefficient (Wildman–Crippen LogP) is 1.91. The molecule has 7 nitrogen and oxygen atoms in total. The van der Waals surface area contributed by atoms with Gasteiger partial charge in [-0.3, -0.25) is 19.6 Å². The molecule has 0 aliphatic carbocycles. The molecule has 4 heterocycles. The highest BCUT2D eigenvalue weighted by Crippen LogP contribution is 2.29. The molecule has 23 heavy (non-hydrogen) atoms. The van der Waals surface area contributed by atoms with Crippen LogP contribution >= 0.6 is 0 Å². The number of hydrogen-bond acceptors (Lipinski definition) is 4. The van der Waals surface area contributed by atoms with Gasteiger partial charge in [-0.2, -0.15) is 10.2 Å². The molecule has 0 saturated carbocycles. The van der Waals surface area contributed by atoms with Crippen LogP contribution in [0.4, 0.5) is 0 Å². The molecular weight excluding hydrogens is 292 g/mol. The van der Waals surface area contributed by atoms with Crippen LogP contribution in [0.2, 0.25) is 0 Å². The van der Waals surface area contributed by atoms with Crippen LogP contribution in [0.25, 0.3) is 11.0 Å². The Hall–Kier alpha value is -2.70. The van der Waals surface area contributed by atoms with Crippen LogP contribution in [-0.2, 0) is 11.3 Å². The van der Waals surface area contributed by atoms with Gasteiger partial charge in [0.25, 0.3) is 0 Å². The zero-order chi connectivity index (χ0) is 15.6. The molecule has 1 aliphatic heterocycles. The standard InChI is InChI=1S/C16H18N6O/c23-16(11-22-15-5-3-7-17-13(15)10-19-22)21-9-2-1-4-14(21)12-6-8-18-20-12/h3,5-8,10,14H,1-2,4,9,11H2,(H,18,20). The van der Waals surface area contributed by atoms with Crippen molar-refractivity contribution in [2.75, 3.05) is 6.54 Å². The minimum atomic E-state index is 0.0816. The first kappa shape index (κ1) is 13.9. The summed E-state index contributed by atoms with van der Waals surface area (Å²) < 4.78 is 1.73. The molecule has 1 fully saturated rings. The van der Waals surface area contributed by atoms with Crippen LogP contribution in [0, 0.1) is 0 Å². The Morgan fingerprint density at radius 2 is 2.26 bits per heavy atom. The number of carbonyl (C=O) groups is 1. The quantitative estimate of drug-likeness (QED) is 0.801. The maximum Gasteiger partial charge on any atom is 0.244 e. The molecule has 1 amide bonds. The number of likely N-dealkylation sites (tertiary alicyclic amines) is 1. The van der Waals surface area contributed by atoms with Gasteiger partial charge >= 0.3 is 0 Å². The van der Waals surface area contributed by atoms with Gasteiger partial charge in [0.15, 0.2) is 0 Å². The molecule has 0 radical (unpaired) electrons. The molecular formula is C16H18N6O. The van der Waals surface area contributed by atoms with Gasteiger partial charge in [-0.25, -0.2) is 0 Å². The van der Waals surface area contributed by atoms with E-state index in [1.54, 1.807) is 23.3 Å². The molecule has 3 aromatic heterocycles. The van der Waals surface area contributed by atoms with Crippen LogP contribution in [0.15, 0.2) is 36.8 Å². The molecule has 4 rings (SSSR count). The fraction of sp³-hybridized carbons (Fsp3) is 0.375. The van der Waals surface area contributed by atoms with Crippen LogP contribution in [0.5, 0.6) is 0 Å². The third-order valence-corrected chi connectivity index (χ3v) is 4.40. The van der Waals surface area contributed by atoms with Crippen molar-refractivity contribution in [3.05, 3.63) is 42.5 Å². The van der Waals surface area contributed by atoms with Crippen molar-refractivity contribution < 1.29 is 4.79 Å². The molecule has 1 unspecified atom stereocenters. The van der Waals surface area contributed by atoms with Crippen molar-refractivity contribution in [1.82, 2.24) is 29.9 Å². The minimum absolute atomic E-state index is 0.0816. The van der Waals surface area contributed by atoms with Crippen LogP contribution in [0.1, 0.15) is 31.0 Å². The lowest BCUT2D eigenvalue weighted by Crippen LogP contribution is -2.40. The second-order valence-electron chi connectivity index (χ2n) is 5.82. The van der Waals surface area contributed by atoms with Gasteiger partial charge in [-0.15, -0.1) is 0 Å². The van der Waals surface area contributed by atoms with Gasteiger partial charge in [-0.05, 0) is 37.5 Å². The molecule has 1 saturated heterocycles. The van der Waals surface area contributed by atoms with Gasteiger partial charge in [0.2, 0.25) is 5.91 Å². The average Bonchev–Trinajstić information content (AvgIpc) is 3.25. The summed E-state index contributed by atoms with van der Waals surface area (Å²) in [7, 11) is 0. The number of pyridine rings is 1. The summed E-state index contributed by atoms with van der Waals surface area (Å²) in [5, 5.41) is 11.3. The Morgan fingerprint density at radius 1 is 1.30 bits per heavy atom. The molecule has 1 N–H and O–H groups in total. The first-order chi connectivity index (χ1) is 11.3. The van der Waals surface area contributed by atoms with Crippen LogP contribution < -0.4 is 0 Å². The Bertz CT molecular complexity index is 809. The van der Waals surface area contributed by atoms with E-state index >= 15 is 0 Å². The van der Waals surface area contributed by atoms with Crippen molar-refractivity contribution in [2.24, 2.45) is 0 Å². The summed E-state index contributed by atoms with van der Waals surface area (Å²) in [5.74, 6) is 0.0816. The summed E-state index contributed by atoms with van der Waals surface area (Å²) in [6, 6.07) is 5.83. The van der Waals surface area contributed by atoms with Gasteiger partial charge in [-0.1, -0.05) is 0 Å². The Kier molecular flexibility index (Phi) is 3.53. The first-order valence-corrected chi connectivity index (χ1v) is 7.88. The van der Waals surface area contributed by atoms with E-state index in [0.717, 1.165) is 42.5 Å². The van der Waals surface area contributed by atoms with E-state index in [1.807, 2.05) is 23.1 Å². The molecule has 7 heteroatoms. The maximum absolute atomic E-state index is 12.8. The summed E-state index contributed by atoms with van der Waals surface area (Å²) in [4.78, 5) is 19.0. The average molecular weight is 310 g/mol. The third-order valence-electron chi connectivity index (χ3n) is 4.40. The smallest absolute Gasteiger partial charge is 0.244 e. The topological polar surface area (TPSA) is 79.7 Å². The van der Waals surface area contributed by atoms with E-state index < -0.39 is 0 Å². The lowest BCUT2D eigenvalue weighted by atomic mass is 9.99. The van der Waals surface area contributed by atoms with E-state index in [9.17, 15) is 4.79 Å². The zero-order valence-electron chi connectivity index (χ0n) is 12.7. The normalized spacial score (nSPS) is 18.4. The monoisotopic (exact) mass is 310 g/mol. The number of carbonyl (C=O) groups excluding carboxylic acids is 1. The fourth-order valence-corrected chi connectivity index (χ4v) is 3.26. The number of aromatic amines is 1. The molecule has 118 valence electrons. The maximum atomic E-state index is 12.8. The molecule has 1 atom stereocenters. The summed E-state index contributed by atoms with van der Waals surface area (Å²) in [6.07, 6.45) is 8.30. The highest BCUT2D eigenvalue weighted by Gasteiger charge is 2.29. The number of rotatable bonds is 3. The molecule has 0 spiro atoms. The van der Waals surface area contributed by atoms with Gasteiger partial charge in [0, 0.05) is 18.9 Å². The Labute approximate surface area is 133 Å². The second kappa shape index (κ2) is 5.83. The minimum Gasteiger partial charge on any atom is -0.333 e. The van der Waals surface area contributed by atoms with Crippen molar-refractivity contribution in [2.45, 2.75) is 31.8 Å². The van der Waals surface area contributed by atoms with Crippen molar-refractivity contribution in [3.63, 3.8) is 0 Å². The molecule has 3 aromatic rings. The summed E-state index contributed by atoms with van der Waals surface area (Å²) in [6.45, 7) is 1.01. The highest BCUT2D eigenvalue weighted by molar-refractivity contribution is 5.80. The van der Waals surface area contributed by atoms with E-state index in [4.69, 9.17) is 0 Å². The van der Waals surface area contributed by atoms with E-state index in [-0.39, 0.29) is 18.5 Å². The van der Waals surface area contributed by atoms with Crippen LogP contribution in [-0.4, -0.2) is 42.3 Å². The molecule has 0 aromatic carbocycles. The second-order valence-corrected chi connectivity index (χ2v) is 5.82. The summed E-state index contributed by atoms with van der Waals surface area (Å²) >= 11 is 0.